The van der Waals surface area contributed by atoms with E-state index < -0.39 is 6.10 Å². The normalized spacial score (nSPS) is 16.2. The molecule has 0 saturated carbocycles. The predicted molar refractivity (Wildman–Crippen MR) is 88.1 cm³/mol. The van der Waals surface area contributed by atoms with Crippen molar-refractivity contribution in [2.45, 2.75) is 19.2 Å². The fourth-order valence-corrected chi connectivity index (χ4v) is 3.57. The maximum absolute atomic E-state index is 10.8. The number of nitrogens with zero attached hydrogens (tertiary/aromatic N) is 2. The molecule has 0 fully saturated rings. The number of fused-ring (bicyclic) bond motifs is 4. The standard InChI is InChI=1S/C18H17N3O3/c22-15(12-5-6-16-17(9-12)24-11-23-16)10-21-14-4-2-1-3-13(14)20-8-7-19-18(20)21/h1-6,9,15,22H,7-8,10-11H2/p+1/t15-/m1/s1. The molecule has 2 N–H and O–H groups in total. The quantitative estimate of drug-likeness (QED) is 0.722. The molecule has 0 bridgehead atoms. The van der Waals surface area contributed by atoms with E-state index >= 15 is 0 Å². The predicted octanol–water partition coefficient (Wildman–Crippen LogP) is 1.82. The van der Waals surface area contributed by atoms with Crippen molar-refractivity contribution in [3.8, 4) is 11.5 Å². The third-order valence-corrected chi connectivity index (χ3v) is 4.73. The second-order valence-corrected chi connectivity index (χ2v) is 6.13. The van der Waals surface area contributed by atoms with Crippen molar-refractivity contribution in [1.82, 2.24) is 4.57 Å². The Kier molecular flexibility index (Phi) is 2.93. The number of anilines is 1. The summed E-state index contributed by atoms with van der Waals surface area (Å²) in [5.74, 6) is 2.48. The van der Waals surface area contributed by atoms with E-state index in [1.807, 2.05) is 30.3 Å². The smallest absolute Gasteiger partial charge is 0.358 e. The first-order valence-corrected chi connectivity index (χ1v) is 8.14. The molecule has 0 aliphatic carbocycles. The minimum Gasteiger partial charge on any atom is -0.454 e. The molecule has 0 saturated heterocycles. The number of hydrogen-bond acceptors (Lipinski definition) is 4. The second kappa shape index (κ2) is 5.14. The van der Waals surface area contributed by atoms with Crippen molar-refractivity contribution < 1.29 is 19.1 Å². The van der Waals surface area contributed by atoms with Gasteiger partial charge < -0.3 is 14.6 Å². The number of nitrogens with one attached hydrogen (secondary N) is 1. The highest BCUT2D eigenvalue weighted by Gasteiger charge is 2.29. The van der Waals surface area contributed by atoms with Crippen LogP contribution in [0.15, 0.2) is 42.5 Å². The zero-order chi connectivity index (χ0) is 16.1. The van der Waals surface area contributed by atoms with Crippen LogP contribution in [0.25, 0.3) is 11.0 Å². The van der Waals surface area contributed by atoms with Crippen LogP contribution >= 0.6 is 0 Å². The minimum atomic E-state index is -0.623. The van der Waals surface area contributed by atoms with Crippen molar-refractivity contribution in [3.63, 3.8) is 0 Å². The van der Waals surface area contributed by atoms with Gasteiger partial charge in [0.05, 0.1) is 6.54 Å². The largest absolute Gasteiger partial charge is 0.454 e. The van der Waals surface area contributed by atoms with Crippen LogP contribution in [0.4, 0.5) is 5.95 Å². The fourth-order valence-electron chi connectivity index (χ4n) is 3.57. The van der Waals surface area contributed by atoms with Crippen molar-refractivity contribution >= 4 is 17.0 Å². The molecule has 3 heterocycles. The van der Waals surface area contributed by atoms with Gasteiger partial charge >= 0.3 is 5.95 Å². The molecular weight excluding hydrogens is 306 g/mol. The Morgan fingerprint density at radius 2 is 2.04 bits per heavy atom. The molecule has 0 unspecified atom stereocenters. The van der Waals surface area contributed by atoms with Crippen molar-refractivity contribution in [2.75, 3.05) is 18.7 Å². The first-order chi connectivity index (χ1) is 11.8. The zero-order valence-corrected chi connectivity index (χ0v) is 13.1. The molecule has 0 amide bonds. The molecule has 0 radical (unpaired) electrons. The lowest BCUT2D eigenvalue weighted by Crippen LogP contribution is -2.29. The van der Waals surface area contributed by atoms with E-state index in [-0.39, 0.29) is 6.79 Å². The molecule has 1 aromatic heterocycles. The maximum atomic E-state index is 10.8. The highest BCUT2D eigenvalue weighted by molar-refractivity contribution is 5.74. The maximum Gasteiger partial charge on any atom is 0.358 e. The summed E-state index contributed by atoms with van der Waals surface area (Å²) in [7, 11) is 0. The Bertz CT molecular complexity index is 935. The summed E-state index contributed by atoms with van der Waals surface area (Å²) in [5.41, 5.74) is 3.14. The number of aliphatic hydroxyl groups is 1. The summed E-state index contributed by atoms with van der Waals surface area (Å²) in [5, 5.41) is 14.2. The minimum absolute atomic E-state index is 0.241. The summed E-state index contributed by atoms with van der Waals surface area (Å²) in [6.07, 6.45) is -0.623. The van der Waals surface area contributed by atoms with Crippen LogP contribution in [0.2, 0.25) is 0 Å². The van der Waals surface area contributed by atoms with Gasteiger partial charge in [-0.1, -0.05) is 18.2 Å². The van der Waals surface area contributed by atoms with Crippen LogP contribution < -0.4 is 19.4 Å². The molecule has 0 spiro atoms. The highest BCUT2D eigenvalue weighted by Crippen LogP contribution is 2.35. The number of rotatable bonds is 3. The van der Waals surface area contributed by atoms with E-state index in [1.54, 1.807) is 0 Å². The van der Waals surface area contributed by atoms with Crippen LogP contribution in [-0.4, -0.2) is 23.0 Å². The van der Waals surface area contributed by atoms with E-state index in [2.05, 4.69) is 26.6 Å². The average Bonchev–Trinajstić information content (AvgIpc) is 3.31. The van der Waals surface area contributed by atoms with Crippen LogP contribution in [0.3, 0.4) is 0 Å². The van der Waals surface area contributed by atoms with E-state index in [4.69, 9.17) is 9.47 Å². The monoisotopic (exact) mass is 324 g/mol. The molecule has 6 heteroatoms. The molecule has 2 aliphatic heterocycles. The number of benzene rings is 2. The van der Waals surface area contributed by atoms with Gasteiger partial charge in [-0.05, 0) is 29.8 Å². The Balaban J connectivity index is 1.53. The van der Waals surface area contributed by atoms with Crippen molar-refractivity contribution in [2.24, 2.45) is 0 Å². The van der Waals surface area contributed by atoms with Gasteiger partial charge in [0.2, 0.25) is 6.79 Å². The molecule has 6 nitrogen and oxygen atoms in total. The summed E-state index contributed by atoms with van der Waals surface area (Å²) in [6, 6.07) is 13.9. The summed E-state index contributed by atoms with van der Waals surface area (Å²) >= 11 is 0. The van der Waals surface area contributed by atoms with E-state index in [1.165, 1.54) is 5.52 Å². The van der Waals surface area contributed by atoms with E-state index in [0.29, 0.717) is 12.3 Å². The third-order valence-electron chi connectivity index (χ3n) is 4.73. The first-order valence-electron chi connectivity index (χ1n) is 8.14. The number of para-hydroxylation sites is 2. The molecule has 3 aromatic rings. The highest BCUT2D eigenvalue weighted by atomic mass is 16.7. The fraction of sp³-hybridized carbons (Fsp3) is 0.278. The van der Waals surface area contributed by atoms with Crippen molar-refractivity contribution in [3.05, 3.63) is 48.0 Å². The van der Waals surface area contributed by atoms with Gasteiger partial charge in [-0.15, -0.1) is 0 Å². The first kappa shape index (κ1) is 13.7. The van der Waals surface area contributed by atoms with Crippen molar-refractivity contribution in [1.29, 1.82) is 0 Å². The summed E-state index contributed by atoms with van der Waals surface area (Å²) in [6.45, 7) is 2.59. The SMILES string of the molecule is O[C@H](Cn1c2[n+](c3ccccc31)CCN2)c1ccc2c(c1)OCO2. The second-order valence-electron chi connectivity index (χ2n) is 6.13. The van der Waals surface area contributed by atoms with E-state index in [9.17, 15) is 5.11 Å². The van der Waals surface area contributed by atoms with Gasteiger partial charge in [-0.3, -0.25) is 5.32 Å². The molecule has 122 valence electrons. The Hall–Kier alpha value is -2.73. The number of imidazole rings is 1. The molecule has 5 rings (SSSR count). The van der Waals surface area contributed by atoms with Gasteiger partial charge in [0.25, 0.3) is 0 Å². The van der Waals surface area contributed by atoms with Crippen LogP contribution in [0, 0.1) is 0 Å². The van der Waals surface area contributed by atoms with Gasteiger partial charge in [-0.25, -0.2) is 9.13 Å². The Labute approximate surface area is 138 Å². The number of ether oxygens (including phenoxy) is 2. The third kappa shape index (κ3) is 1.96. The lowest BCUT2D eigenvalue weighted by atomic mass is 10.1. The molecule has 2 aromatic carbocycles. The van der Waals surface area contributed by atoms with Crippen LogP contribution in [0.5, 0.6) is 11.5 Å². The molecule has 2 aliphatic rings. The van der Waals surface area contributed by atoms with Crippen LogP contribution in [0.1, 0.15) is 11.7 Å². The topological polar surface area (TPSA) is 59.5 Å². The van der Waals surface area contributed by atoms with Gasteiger partial charge in [0.1, 0.15) is 30.2 Å². The number of aromatic nitrogens is 2. The zero-order valence-electron chi connectivity index (χ0n) is 13.1. The Morgan fingerprint density at radius 3 is 3.00 bits per heavy atom. The van der Waals surface area contributed by atoms with Gasteiger partial charge in [-0.2, -0.15) is 0 Å². The number of aliphatic hydroxyl groups excluding tert-OH is 1. The van der Waals surface area contributed by atoms with Gasteiger partial charge in [0.15, 0.2) is 11.5 Å². The van der Waals surface area contributed by atoms with Gasteiger partial charge in [0, 0.05) is 0 Å². The van der Waals surface area contributed by atoms with Crippen LogP contribution in [-0.2, 0) is 13.1 Å². The lowest BCUT2D eigenvalue weighted by Gasteiger charge is -2.11. The van der Waals surface area contributed by atoms with E-state index in [0.717, 1.165) is 35.9 Å². The Morgan fingerprint density at radius 1 is 1.17 bits per heavy atom. The summed E-state index contributed by atoms with van der Waals surface area (Å²) < 4.78 is 15.2. The molecular formula is C18H18N3O3+. The lowest BCUT2D eigenvalue weighted by molar-refractivity contribution is -0.644. The average molecular weight is 324 g/mol. The molecule has 1 atom stereocenters. The molecule has 24 heavy (non-hydrogen) atoms. The summed E-state index contributed by atoms with van der Waals surface area (Å²) in [4.78, 5) is 0. The number of hydrogen-bond donors (Lipinski definition) is 2.